The Morgan fingerprint density at radius 1 is 1.07 bits per heavy atom. The number of nitrogens with zero attached hydrogens (tertiary/aromatic N) is 2. The summed E-state index contributed by atoms with van der Waals surface area (Å²) in [7, 11) is 3.21. The van der Waals surface area contributed by atoms with Crippen LogP contribution in [0.25, 0.3) is 22.2 Å². The van der Waals surface area contributed by atoms with Crippen LogP contribution in [0.5, 0.6) is 11.5 Å². The van der Waals surface area contributed by atoms with Crippen molar-refractivity contribution in [2.24, 2.45) is 0 Å². The van der Waals surface area contributed by atoms with Crippen molar-refractivity contribution in [3.63, 3.8) is 0 Å². The number of nitrogens with one attached hydrogen (secondary N) is 1. The second kappa shape index (κ2) is 7.66. The molecular formula is C21H17N3O3S. The summed E-state index contributed by atoms with van der Waals surface area (Å²) in [6.45, 7) is 0. The second-order valence-corrected chi connectivity index (χ2v) is 6.83. The highest BCUT2D eigenvalue weighted by atomic mass is 32.1. The molecule has 0 bridgehead atoms. The van der Waals surface area contributed by atoms with Crippen molar-refractivity contribution in [2.45, 2.75) is 0 Å². The molecule has 2 aromatic carbocycles. The fraction of sp³-hybridized carbons (Fsp3) is 0.0952. The molecule has 6 nitrogen and oxygen atoms in total. The highest BCUT2D eigenvalue weighted by Crippen LogP contribution is 2.35. The molecule has 140 valence electrons. The predicted molar refractivity (Wildman–Crippen MR) is 110 cm³/mol. The number of methoxy groups -OCH3 is 2. The third-order valence-electron chi connectivity index (χ3n) is 4.27. The molecule has 0 radical (unpaired) electrons. The maximum Gasteiger partial charge on any atom is 0.257 e. The first-order valence-electron chi connectivity index (χ1n) is 8.52. The highest BCUT2D eigenvalue weighted by molar-refractivity contribution is 7.14. The van der Waals surface area contributed by atoms with Crippen LogP contribution in [0.3, 0.4) is 0 Å². The van der Waals surface area contributed by atoms with Crippen LogP contribution in [0, 0.1) is 0 Å². The van der Waals surface area contributed by atoms with Crippen LogP contribution in [0.2, 0.25) is 0 Å². The number of pyridine rings is 1. The van der Waals surface area contributed by atoms with E-state index in [4.69, 9.17) is 9.47 Å². The lowest BCUT2D eigenvalue weighted by Crippen LogP contribution is -2.11. The van der Waals surface area contributed by atoms with Crippen LogP contribution in [0.1, 0.15) is 10.4 Å². The molecule has 4 rings (SSSR count). The number of ether oxygens (including phenoxy) is 2. The summed E-state index contributed by atoms with van der Waals surface area (Å²) >= 11 is 1.35. The zero-order valence-corrected chi connectivity index (χ0v) is 16.1. The summed E-state index contributed by atoms with van der Waals surface area (Å²) in [6.07, 6.45) is 1.73. The first kappa shape index (κ1) is 17.9. The molecule has 0 aliphatic heterocycles. The first-order valence-corrected chi connectivity index (χ1v) is 9.40. The minimum absolute atomic E-state index is 0.218. The standard InChI is InChI=1S/C21H17N3O3S/c1-26-15-6-8-19(27-2)16(11-15)18-12-28-21(23-18)24-20(25)14-5-7-17-13(10-14)4-3-9-22-17/h3-12H,1-2H3,(H,23,24,25). The molecule has 4 aromatic rings. The second-order valence-electron chi connectivity index (χ2n) is 5.97. The van der Waals surface area contributed by atoms with Gasteiger partial charge in [0.1, 0.15) is 11.5 Å². The van der Waals surface area contributed by atoms with E-state index in [0.29, 0.717) is 27.9 Å². The van der Waals surface area contributed by atoms with Gasteiger partial charge in [-0.1, -0.05) is 6.07 Å². The van der Waals surface area contributed by atoms with Gasteiger partial charge in [-0.2, -0.15) is 0 Å². The van der Waals surface area contributed by atoms with Crippen LogP contribution in [-0.2, 0) is 0 Å². The van der Waals surface area contributed by atoms with Crippen LogP contribution in [0.4, 0.5) is 5.13 Å². The maximum atomic E-state index is 12.6. The van der Waals surface area contributed by atoms with E-state index < -0.39 is 0 Å². The van der Waals surface area contributed by atoms with Gasteiger partial charge >= 0.3 is 0 Å². The van der Waals surface area contributed by atoms with E-state index >= 15 is 0 Å². The van der Waals surface area contributed by atoms with Crippen molar-refractivity contribution in [3.05, 3.63) is 65.7 Å². The number of benzene rings is 2. The van der Waals surface area contributed by atoms with Gasteiger partial charge in [-0.05, 0) is 42.5 Å². The normalized spacial score (nSPS) is 10.6. The Labute approximate surface area is 165 Å². The van der Waals surface area contributed by atoms with Gasteiger partial charge in [-0.3, -0.25) is 15.1 Å². The zero-order valence-electron chi connectivity index (χ0n) is 15.3. The van der Waals surface area contributed by atoms with Gasteiger partial charge in [-0.25, -0.2) is 4.98 Å². The number of aromatic nitrogens is 2. The van der Waals surface area contributed by atoms with E-state index in [9.17, 15) is 4.79 Å². The van der Waals surface area contributed by atoms with Crippen molar-refractivity contribution in [2.75, 3.05) is 19.5 Å². The minimum atomic E-state index is -0.218. The summed E-state index contributed by atoms with van der Waals surface area (Å²) in [5.41, 5.74) is 2.91. The third-order valence-corrected chi connectivity index (χ3v) is 5.03. The van der Waals surface area contributed by atoms with Crippen LogP contribution in [-0.4, -0.2) is 30.1 Å². The Bertz CT molecular complexity index is 1160. The molecule has 1 N–H and O–H groups in total. The van der Waals surface area contributed by atoms with E-state index in [1.54, 1.807) is 26.5 Å². The van der Waals surface area contributed by atoms with E-state index in [2.05, 4.69) is 15.3 Å². The Kier molecular flexibility index (Phi) is 4.90. The monoisotopic (exact) mass is 391 g/mol. The Morgan fingerprint density at radius 2 is 1.96 bits per heavy atom. The summed E-state index contributed by atoms with van der Waals surface area (Å²) in [4.78, 5) is 21.4. The summed E-state index contributed by atoms with van der Waals surface area (Å²) < 4.78 is 10.7. The number of carbonyl (C=O) groups is 1. The largest absolute Gasteiger partial charge is 0.497 e. The maximum absolute atomic E-state index is 12.6. The number of rotatable bonds is 5. The predicted octanol–water partition coefficient (Wildman–Crippen LogP) is 4.63. The first-order chi connectivity index (χ1) is 13.7. The van der Waals surface area contributed by atoms with Gasteiger partial charge in [-0.15, -0.1) is 11.3 Å². The van der Waals surface area contributed by atoms with Crippen LogP contribution >= 0.6 is 11.3 Å². The smallest absolute Gasteiger partial charge is 0.257 e. The molecule has 7 heteroatoms. The Hall–Kier alpha value is -3.45. The van der Waals surface area contributed by atoms with Gasteiger partial charge in [0, 0.05) is 28.1 Å². The number of hydrogen-bond donors (Lipinski definition) is 1. The van der Waals surface area contributed by atoms with Crippen molar-refractivity contribution in [3.8, 4) is 22.8 Å². The van der Waals surface area contributed by atoms with Crippen molar-refractivity contribution >= 4 is 33.3 Å². The number of amides is 1. The van der Waals surface area contributed by atoms with Crippen molar-refractivity contribution in [1.82, 2.24) is 9.97 Å². The zero-order chi connectivity index (χ0) is 19.5. The molecule has 0 fully saturated rings. The molecule has 0 spiro atoms. The molecule has 0 aliphatic carbocycles. The average Bonchev–Trinajstić information content (AvgIpc) is 3.21. The molecule has 0 saturated heterocycles. The number of carbonyl (C=O) groups excluding carboxylic acids is 1. The lowest BCUT2D eigenvalue weighted by atomic mass is 10.1. The van der Waals surface area contributed by atoms with Crippen LogP contribution < -0.4 is 14.8 Å². The van der Waals surface area contributed by atoms with Gasteiger partial charge in [0.25, 0.3) is 5.91 Å². The topological polar surface area (TPSA) is 73.3 Å². The molecule has 0 saturated carbocycles. The van der Waals surface area contributed by atoms with Gasteiger partial charge in [0.2, 0.25) is 0 Å². The molecule has 0 atom stereocenters. The third kappa shape index (κ3) is 3.52. The van der Waals surface area contributed by atoms with Gasteiger partial charge in [0.05, 0.1) is 25.4 Å². The molecule has 0 unspecified atom stereocenters. The van der Waals surface area contributed by atoms with E-state index in [-0.39, 0.29) is 5.91 Å². The Morgan fingerprint density at radius 3 is 2.79 bits per heavy atom. The number of thiazole rings is 1. The average molecular weight is 391 g/mol. The molecule has 1 amide bonds. The fourth-order valence-electron chi connectivity index (χ4n) is 2.86. The minimum Gasteiger partial charge on any atom is -0.497 e. The fourth-order valence-corrected chi connectivity index (χ4v) is 3.56. The van der Waals surface area contributed by atoms with Crippen LogP contribution in [0.15, 0.2) is 60.1 Å². The van der Waals surface area contributed by atoms with E-state index in [0.717, 1.165) is 16.5 Å². The summed E-state index contributed by atoms with van der Waals surface area (Å²) in [6, 6.07) is 14.7. The van der Waals surface area contributed by atoms with Crippen molar-refractivity contribution in [1.29, 1.82) is 0 Å². The molecule has 0 aliphatic rings. The number of fused-ring (bicyclic) bond motifs is 1. The number of hydrogen-bond acceptors (Lipinski definition) is 6. The summed E-state index contributed by atoms with van der Waals surface area (Å²) in [5, 5.41) is 6.15. The van der Waals surface area contributed by atoms with Gasteiger partial charge in [0.15, 0.2) is 5.13 Å². The number of anilines is 1. The Balaban J connectivity index is 1.58. The lowest BCUT2D eigenvalue weighted by molar-refractivity contribution is 0.102. The summed E-state index contributed by atoms with van der Waals surface area (Å²) in [5.74, 6) is 1.18. The molecule has 28 heavy (non-hydrogen) atoms. The lowest BCUT2D eigenvalue weighted by Gasteiger charge is -2.08. The SMILES string of the molecule is COc1ccc(OC)c(-c2csc(NC(=O)c3ccc4ncccc4c3)n2)c1. The molecule has 2 heterocycles. The highest BCUT2D eigenvalue weighted by Gasteiger charge is 2.14. The molecular weight excluding hydrogens is 374 g/mol. The quantitative estimate of drug-likeness (QED) is 0.537. The van der Waals surface area contributed by atoms with E-state index in [1.807, 2.05) is 47.8 Å². The van der Waals surface area contributed by atoms with E-state index in [1.165, 1.54) is 11.3 Å². The van der Waals surface area contributed by atoms with Gasteiger partial charge < -0.3 is 9.47 Å². The molecule has 2 aromatic heterocycles. The van der Waals surface area contributed by atoms with Crippen molar-refractivity contribution < 1.29 is 14.3 Å².